The average molecular weight is 246 g/mol. The maximum absolute atomic E-state index is 13.0. The van der Waals surface area contributed by atoms with Crippen molar-refractivity contribution in [3.05, 3.63) is 36.2 Å². The van der Waals surface area contributed by atoms with E-state index in [9.17, 15) is 4.39 Å². The average Bonchev–Trinajstić information content (AvgIpc) is 2.92. The summed E-state index contributed by atoms with van der Waals surface area (Å²) in [6.45, 7) is 0.499. The van der Waals surface area contributed by atoms with E-state index in [0.29, 0.717) is 18.0 Å². The van der Waals surface area contributed by atoms with Crippen LogP contribution in [0.1, 0.15) is 5.82 Å². The zero-order valence-electron chi connectivity index (χ0n) is 9.68. The highest BCUT2D eigenvalue weighted by Gasteiger charge is 2.05. The van der Waals surface area contributed by atoms with Crippen molar-refractivity contribution in [2.24, 2.45) is 7.05 Å². The van der Waals surface area contributed by atoms with Crippen LogP contribution in [0, 0.1) is 5.82 Å². The number of rotatable bonds is 3. The highest BCUT2D eigenvalue weighted by atomic mass is 19.1. The highest BCUT2D eigenvalue weighted by molar-refractivity contribution is 5.77. The summed E-state index contributed by atoms with van der Waals surface area (Å²) < 4.78 is 14.8. The number of benzene rings is 1. The van der Waals surface area contributed by atoms with Gasteiger partial charge >= 0.3 is 0 Å². The summed E-state index contributed by atoms with van der Waals surface area (Å²) in [5.41, 5.74) is 1.38. The van der Waals surface area contributed by atoms with Crippen LogP contribution in [0.15, 0.2) is 24.5 Å². The summed E-state index contributed by atoms with van der Waals surface area (Å²) in [4.78, 5) is 7.29. The number of aromatic nitrogens is 5. The van der Waals surface area contributed by atoms with Crippen molar-refractivity contribution in [1.82, 2.24) is 24.7 Å². The molecule has 18 heavy (non-hydrogen) atoms. The molecule has 0 aliphatic carbocycles. The van der Waals surface area contributed by atoms with Crippen LogP contribution in [-0.2, 0) is 13.6 Å². The number of halogens is 1. The largest absolute Gasteiger partial charge is 0.348 e. The molecule has 6 nitrogen and oxygen atoms in total. The minimum atomic E-state index is -0.286. The Morgan fingerprint density at radius 2 is 2.33 bits per heavy atom. The Hall–Kier alpha value is -2.44. The number of aromatic amines is 1. The fourth-order valence-electron chi connectivity index (χ4n) is 1.70. The van der Waals surface area contributed by atoms with Crippen LogP contribution in [0.4, 0.5) is 10.3 Å². The molecule has 0 bridgehead atoms. The number of nitrogens with one attached hydrogen (secondary N) is 2. The van der Waals surface area contributed by atoms with Gasteiger partial charge in [0.1, 0.15) is 12.1 Å². The Bertz CT molecular complexity index is 686. The van der Waals surface area contributed by atoms with E-state index in [-0.39, 0.29) is 5.82 Å². The molecule has 0 aliphatic rings. The highest BCUT2D eigenvalue weighted by Crippen LogP contribution is 2.15. The van der Waals surface area contributed by atoms with E-state index in [1.54, 1.807) is 12.4 Å². The second kappa shape index (κ2) is 4.10. The van der Waals surface area contributed by atoms with Crippen molar-refractivity contribution >= 4 is 17.0 Å². The predicted molar refractivity (Wildman–Crippen MR) is 64.4 cm³/mol. The van der Waals surface area contributed by atoms with Gasteiger partial charge in [-0.25, -0.2) is 9.37 Å². The Labute approximate surface area is 102 Å². The monoisotopic (exact) mass is 246 g/mol. The summed E-state index contributed by atoms with van der Waals surface area (Å²) >= 11 is 0. The van der Waals surface area contributed by atoms with Crippen LogP contribution < -0.4 is 5.32 Å². The van der Waals surface area contributed by atoms with Crippen LogP contribution in [-0.4, -0.2) is 24.7 Å². The van der Waals surface area contributed by atoms with Gasteiger partial charge in [-0.05, 0) is 18.2 Å². The van der Waals surface area contributed by atoms with Crippen LogP contribution in [0.3, 0.4) is 0 Å². The first-order valence-electron chi connectivity index (χ1n) is 5.44. The molecule has 0 amide bonds. The summed E-state index contributed by atoms with van der Waals surface area (Å²) in [6, 6.07) is 4.43. The third-order valence-electron chi connectivity index (χ3n) is 2.66. The molecule has 0 unspecified atom stereocenters. The summed E-state index contributed by atoms with van der Waals surface area (Å²) in [6.07, 6.45) is 1.63. The number of anilines is 1. The molecule has 0 radical (unpaired) electrons. The van der Waals surface area contributed by atoms with Gasteiger partial charge in [0.2, 0.25) is 5.95 Å². The fraction of sp³-hybridized carbons (Fsp3) is 0.182. The van der Waals surface area contributed by atoms with Gasteiger partial charge in [-0.1, -0.05) is 0 Å². The Morgan fingerprint density at radius 3 is 3.11 bits per heavy atom. The maximum atomic E-state index is 13.0. The second-order valence-electron chi connectivity index (χ2n) is 3.96. The van der Waals surface area contributed by atoms with E-state index in [0.717, 1.165) is 11.3 Å². The topological polar surface area (TPSA) is 71.4 Å². The van der Waals surface area contributed by atoms with Gasteiger partial charge in [0, 0.05) is 7.05 Å². The molecular weight excluding hydrogens is 235 g/mol. The van der Waals surface area contributed by atoms with E-state index in [2.05, 4.69) is 25.5 Å². The van der Waals surface area contributed by atoms with E-state index in [1.165, 1.54) is 12.1 Å². The summed E-state index contributed by atoms with van der Waals surface area (Å²) in [5.74, 6) is 1.09. The molecule has 7 heteroatoms. The Morgan fingerprint density at radius 1 is 1.44 bits per heavy atom. The SMILES string of the molecule is Cn1cnnc1CNc1nc2ccc(F)cc2[nH]1. The zero-order valence-corrected chi connectivity index (χ0v) is 9.68. The molecule has 2 aromatic heterocycles. The fourth-order valence-corrected chi connectivity index (χ4v) is 1.70. The van der Waals surface area contributed by atoms with Crippen molar-refractivity contribution < 1.29 is 4.39 Å². The minimum absolute atomic E-state index is 0.286. The molecule has 2 N–H and O–H groups in total. The van der Waals surface area contributed by atoms with E-state index in [4.69, 9.17) is 0 Å². The molecule has 0 saturated carbocycles. The molecule has 0 saturated heterocycles. The van der Waals surface area contributed by atoms with Crippen LogP contribution in [0.2, 0.25) is 0 Å². The van der Waals surface area contributed by atoms with Gasteiger partial charge in [-0.15, -0.1) is 10.2 Å². The molecule has 2 heterocycles. The van der Waals surface area contributed by atoms with Crippen molar-refractivity contribution in [2.75, 3.05) is 5.32 Å². The molecule has 0 fully saturated rings. The number of imidazole rings is 1. The molecule has 0 atom stereocenters. The normalized spacial score (nSPS) is 11.0. The molecule has 3 rings (SSSR count). The van der Waals surface area contributed by atoms with Crippen molar-refractivity contribution in [1.29, 1.82) is 0 Å². The van der Waals surface area contributed by atoms with E-state index < -0.39 is 0 Å². The number of nitrogens with zero attached hydrogens (tertiary/aromatic N) is 4. The van der Waals surface area contributed by atoms with Gasteiger partial charge in [0.15, 0.2) is 5.82 Å². The standard InChI is InChI=1S/C11H11FN6/c1-18-6-14-17-10(18)5-13-11-15-8-3-2-7(12)4-9(8)16-11/h2-4,6H,5H2,1H3,(H2,13,15,16). The van der Waals surface area contributed by atoms with Crippen molar-refractivity contribution in [3.63, 3.8) is 0 Å². The Balaban J connectivity index is 1.81. The first-order chi connectivity index (χ1) is 8.72. The molecule has 0 aliphatic heterocycles. The number of aryl methyl sites for hydroxylation is 1. The van der Waals surface area contributed by atoms with E-state index >= 15 is 0 Å². The zero-order chi connectivity index (χ0) is 12.5. The van der Waals surface area contributed by atoms with Crippen molar-refractivity contribution in [2.45, 2.75) is 6.54 Å². The third kappa shape index (κ3) is 1.90. The lowest BCUT2D eigenvalue weighted by Crippen LogP contribution is -2.06. The van der Waals surface area contributed by atoms with Gasteiger partial charge in [-0.2, -0.15) is 0 Å². The maximum Gasteiger partial charge on any atom is 0.201 e. The lowest BCUT2D eigenvalue weighted by atomic mass is 10.3. The van der Waals surface area contributed by atoms with Gasteiger partial charge < -0.3 is 14.9 Å². The number of hydrogen-bond acceptors (Lipinski definition) is 4. The van der Waals surface area contributed by atoms with Crippen LogP contribution in [0.5, 0.6) is 0 Å². The molecule has 3 aromatic rings. The van der Waals surface area contributed by atoms with Gasteiger partial charge in [-0.3, -0.25) is 0 Å². The van der Waals surface area contributed by atoms with E-state index in [1.807, 2.05) is 11.6 Å². The lowest BCUT2D eigenvalue weighted by molar-refractivity contribution is 0.629. The Kier molecular flexibility index (Phi) is 2.44. The second-order valence-corrected chi connectivity index (χ2v) is 3.96. The van der Waals surface area contributed by atoms with Gasteiger partial charge in [0.25, 0.3) is 0 Å². The first kappa shape index (κ1) is 10.7. The number of H-pyrrole nitrogens is 1. The molecule has 0 spiro atoms. The molecule has 92 valence electrons. The molecular formula is C11H11FN6. The summed E-state index contributed by atoms with van der Waals surface area (Å²) in [5, 5.41) is 10.8. The third-order valence-corrected chi connectivity index (χ3v) is 2.66. The minimum Gasteiger partial charge on any atom is -0.348 e. The first-order valence-corrected chi connectivity index (χ1v) is 5.44. The smallest absolute Gasteiger partial charge is 0.201 e. The van der Waals surface area contributed by atoms with Crippen LogP contribution in [0.25, 0.3) is 11.0 Å². The summed E-state index contributed by atoms with van der Waals surface area (Å²) in [7, 11) is 1.87. The quantitative estimate of drug-likeness (QED) is 0.733. The molecule has 1 aromatic carbocycles. The number of hydrogen-bond donors (Lipinski definition) is 2. The predicted octanol–water partition coefficient (Wildman–Crippen LogP) is 1.44. The lowest BCUT2D eigenvalue weighted by Gasteiger charge is -2.01. The van der Waals surface area contributed by atoms with Crippen molar-refractivity contribution in [3.8, 4) is 0 Å². The van der Waals surface area contributed by atoms with Gasteiger partial charge in [0.05, 0.1) is 17.6 Å². The number of fused-ring (bicyclic) bond motifs is 1. The van der Waals surface area contributed by atoms with Crippen LogP contribution >= 0.6 is 0 Å².